The van der Waals surface area contributed by atoms with Gasteiger partial charge in [0.1, 0.15) is 5.75 Å². The summed E-state index contributed by atoms with van der Waals surface area (Å²) in [5.74, 6) is 0.936. The van der Waals surface area contributed by atoms with E-state index >= 15 is 0 Å². The fourth-order valence-corrected chi connectivity index (χ4v) is 2.70. The van der Waals surface area contributed by atoms with Gasteiger partial charge in [-0.1, -0.05) is 41.9 Å². The second-order valence-corrected chi connectivity index (χ2v) is 7.46. The summed E-state index contributed by atoms with van der Waals surface area (Å²) in [6, 6.07) is 8.35. The largest absolute Gasteiger partial charge is 0.494 e. The molecule has 0 unspecified atom stereocenters. The van der Waals surface area contributed by atoms with E-state index in [-0.39, 0.29) is 17.9 Å². The number of rotatable bonds is 5. The van der Waals surface area contributed by atoms with Crippen LogP contribution in [0.25, 0.3) is 0 Å². The second kappa shape index (κ2) is 6.11. The van der Waals surface area contributed by atoms with Crippen molar-refractivity contribution in [2.75, 3.05) is 11.9 Å². The molecule has 0 amide bonds. The predicted octanol–water partition coefficient (Wildman–Crippen LogP) is 3.88. The monoisotopic (exact) mass is 338 g/mol. The van der Waals surface area contributed by atoms with E-state index in [2.05, 4.69) is 55.8 Å². The van der Waals surface area contributed by atoms with Crippen LogP contribution in [0, 0.1) is 5.41 Å². The summed E-state index contributed by atoms with van der Waals surface area (Å²) < 4.78 is 11.9. The Kier molecular flexibility index (Phi) is 4.86. The zero-order valence-corrected chi connectivity index (χ0v) is 14.5. The Hall–Kier alpha value is -0.475. The van der Waals surface area contributed by atoms with Crippen molar-refractivity contribution in [1.29, 1.82) is 0 Å². The van der Waals surface area contributed by atoms with Crippen LogP contribution in [0.1, 0.15) is 34.1 Å². The predicted molar refractivity (Wildman–Crippen MR) is 89.5 cm³/mol. The molecular weight excluding hydrogens is 315 g/mol. The molecule has 0 aromatic heterocycles. The molecule has 1 aliphatic rings. The number of hydrogen-bond acceptors (Lipinski definition) is 2. The summed E-state index contributed by atoms with van der Waals surface area (Å²) in [5.41, 5.74) is 1.36. The van der Waals surface area contributed by atoms with Crippen LogP contribution in [0.3, 0.4) is 0 Å². The third-order valence-electron chi connectivity index (χ3n) is 4.56. The van der Waals surface area contributed by atoms with Gasteiger partial charge >= 0.3 is 6.92 Å². The van der Waals surface area contributed by atoms with Gasteiger partial charge in [-0.25, -0.2) is 0 Å². The average molecular weight is 339 g/mol. The van der Waals surface area contributed by atoms with Gasteiger partial charge in [-0.05, 0) is 49.6 Å². The summed E-state index contributed by atoms with van der Waals surface area (Å²) in [6.07, 6.45) is 2.08. The molecular formula is C16H24BBrO2. The Morgan fingerprint density at radius 1 is 1.20 bits per heavy atom. The van der Waals surface area contributed by atoms with Crippen molar-refractivity contribution >= 4 is 28.3 Å². The second-order valence-electron chi connectivity index (χ2n) is 6.66. The molecule has 1 aromatic rings. The van der Waals surface area contributed by atoms with Crippen molar-refractivity contribution in [1.82, 2.24) is 0 Å². The van der Waals surface area contributed by atoms with Crippen LogP contribution in [0.5, 0.6) is 5.75 Å². The number of halogens is 1. The van der Waals surface area contributed by atoms with Crippen molar-refractivity contribution in [3.63, 3.8) is 0 Å². The SMILES string of the molecule is CC1(C)CB(c2ccc(OCCCBr)cc2)OC1(C)C. The first-order valence-corrected chi connectivity index (χ1v) is 8.44. The molecule has 0 bridgehead atoms. The van der Waals surface area contributed by atoms with Gasteiger partial charge in [-0.3, -0.25) is 0 Å². The average Bonchev–Trinajstić information content (AvgIpc) is 2.60. The van der Waals surface area contributed by atoms with E-state index in [1.807, 2.05) is 12.1 Å². The van der Waals surface area contributed by atoms with Crippen molar-refractivity contribution in [2.45, 2.75) is 46.0 Å². The van der Waals surface area contributed by atoms with Crippen LogP contribution < -0.4 is 10.2 Å². The van der Waals surface area contributed by atoms with Crippen LogP contribution in [-0.4, -0.2) is 24.5 Å². The molecule has 2 nitrogen and oxygen atoms in total. The van der Waals surface area contributed by atoms with Gasteiger partial charge in [0.2, 0.25) is 0 Å². The van der Waals surface area contributed by atoms with E-state index in [9.17, 15) is 0 Å². The van der Waals surface area contributed by atoms with Gasteiger partial charge in [-0.15, -0.1) is 0 Å². The molecule has 20 heavy (non-hydrogen) atoms. The fourth-order valence-electron chi connectivity index (χ4n) is 2.48. The van der Waals surface area contributed by atoms with Crippen LogP contribution in [0.4, 0.5) is 0 Å². The summed E-state index contributed by atoms with van der Waals surface area (Å²) in [4.78, 5) is 0. The molecule has 110 valence electrons. The first-order valence-electron chi connectivity index (χ1n) is 7.32. The maximum atomic E-state index is 6.24. The summed E-state index contributed by atoms with van der Waals surface area (Å²) in [7, 11) is 0. The smallest absolute Gasteiger partial charge is 0.327 e. The lowest BCUT2D eigenvalue weighted by Gasteiger charge is -2.34. The molecule has 0 atom stereocenters. The van der Waals surface area contributed by atoms with E-state index in [1.165, 1.54) is 5.46 Å². The van der Waals surface area contributed by atoms with E-state index < -0.39 is 0 Å². The zero-order chi connectivity index (χ0) is 14.8. The zero-order valence-electron chi connectivity index (χ0n) is 12.9. The lowest BCUT2D eigenvalue weighted by Crippen LogP contribution is -2.36. The molecule has 4 heteroatoms. The summed E-state index contributed by atoms with van der Waals surface area (Å²) >= 11 is 3.40. The van der Waals surface area contributed by atoms with Crippen molar-refractivity contribution in [3.05, 3.63) is 24.3 Å². The Balaban J connectivity index is 2.01. The van der Waals surface area contributed by atoms with Gasteiger partial charge in [0.15, 0.2) is 0 Å². The lowest BCUT2D eigenvalue weighted by atomic mass is 9.54. The molecule has 0 radical (unpaired) electrons. The molecule has 1 saturated heterocycles. The van der Waals surface area contributed by atoms with Gasteiger partial charge in [0.05, 0.1) is 12.2 Å². The van der Waals surface area contributed by atoms with E-state index in [0.29, 0.717) is 0 Å². The molecule has 0 N–H and O–H groups in total. The number of benzene rings is 1. The quantitative estimate of drug-likeness (QED) is 0.460. The Morgan fingerprint density at radius 3 is 2.35 bits per heavy atom. The first kappa shape index (κ1) is 15.9. The highest BCUT2D eigenvalue weighted by atomic mass is 79.9. The van der Waals surface area contributed by atoms with Gasteiger partial charge in [0, 0.05) is 5.33 Å². The van der Waals surface area contributed by atoms with Gasteiger partial charge < -0.3 is 9.39 Å². The molecule has 1 heterocycles. The third-order valence-corrected chi connectivity index (χ3v) is 5.12. The highest BCUT2D eigenvalue weighted by Gasteiger charge is 2.49. The summed E-state index contributed by atoms with van der Waals surface area (Å²) in [6.45, 7) is 9.88. The minimum absolute atomic E-state index is 0.0806. The molecule has 0 spiro atoms. The molecule has 1 aliphatic heterocycles. The van der Waals surface area contributed by atoms with Crippen LogP contribution in [0.2, 0.25) is 6.32 Å². The van der Waals surface area contributed by atoms with Crippen molar-refractivity contribution < 1.29 is 9.39 Å². The number of alkyl halides is 1. The van der Waals surface area contributed by atoms with Gasteiger partial charge in [0.25, 0.3) is 0 Å². The highest BCUT2D eigenvalue weighted by Crippen LogP contribution is 2.45. The third kappa shape index (κ3) is 3.40. The summed E-state index contributed by atoms with van der Waals surface area (Å²) in [5, 5.41) is 0.977. The Bertz CT molecular complexity index is 426. The Labute approximate surface area is 131 Å². The molecule has 1 fully saturated rings. The fraction of sp³-hybridized carbons (Fsp3) is 0.625. The molecule has 0 saturated carbocycles. The van der Waals surface area contributed by atoms with Crippen LogP contribution >= 0.6 is 15.9 Å². The maximum absolute atomic E-state index is 6.24. The minimum Gasteiger partial charge on any atom is -0.494 e. The van der Waals surface area contributed by atoms with Gasteiger partial charge in [-0.2, -0.15) is 0 Å². The highest BCUT2D eigenvalue weighted by molar-refractivity contribution is 9.09. The lowest BCUT2D eigenvalue weighted by molar-refractivity contribution is 0.0375. The molecule has 1 aromatic carbocycles. The Morgan fingerprint density at radius 2 is 1.85 bits per heavy atom. The molecule has 0 aliphatic carbocycles. The molecule has 2 rings (SSSR count). The van der Waals surface area contributed by atoms with E-state index in [1.54, 1.807) is 0 Å². The number of ether oxygens (including phenoxy) is 1. The minimum atomic E-state index is -0.0806. The first-order chi connectivity index (χ1) is 9.36. The van der Waals surface area contributed by atoms with Crippen LogP contribution in [0.15, 0.2) is 24.3 Å². The van der Waals surface area contributed by atoms with Crippen molar-refractivity contribution in [3.8, 4) is 5.75 Å². The standard InChI is InChI=1S/C16H24BBrO2/c1-15(2)12-17(20-16(15,3)4)13-6-8-14(9-7-13)19-11-5-10-18/h6-9H,5,10-12H2,1-4H3. The maximum Gasteiger partial charge on any atom is 0.327 e. The number of hydrogen-bond donors (Lipinski definition) is 0. The van der Waals surface area contributed by atoms with Crippen molar-refractivity contribution in [2.24, 2.45) is 5.41 Å². The van der Waals surface area contributed by atoms with E-state index in [4.69, 9.17) is 9.39 Å². The normalized spacial score (nSPS) is 20.1. The van der Waals surface area contributed by atoms with E-state index in [0.717, 1.165) is 30.4 Å². The topological polar surface area (TPSA) is 18.5 Å². The van der Waals surface area contributed by atoms with Crippen LogP contribution in [-0.2, 0) is 4.65 Å².